The maximum Gasteiger partial charge on any atom is 0.311 e. The van der Waals surface area contributed by atoms with Gasteiger partial charge in [0.05, 0.1) is 5.41 Å². The molecule has 6 heteroatoms. The van der Waals surface area contributed by atoms with Crippen LogP contribution in [-0.2, 0) is 16.2 Å². The molecule has 2 N–H and O–H groups in total. The number of carbonyl (C=O) groups is 2. The Morgan fingerprint density at radius 1 is 0.962 bits per heavy atom. The van der Waals surface area contributed by atoms with Crippen molar-refractivity contribution in [3.63, 3.8) is 0 Å². The lowest BCUT2D eigenvalue weighted by Crippen LogP contribution is -2.36. The van der Waals surface area contributed by atoms with E-state index in [1.165, 1.54) is 0 Å². The summed E-state index contributed by atoms with van der Waals surface area (Å²) in [7, 11) is 0. The summed E-state index contributed by atoms with van der Waals surface area (Å²) in [6.45, 7) is 0.478. The minimum atomic E-state index is -0.857. The molecule has 3 rings (SSSR count). The van der Waals surface area contributed by atoms with Crippen LogP contribution in [0.3, 0.4) is 0 Å². The molecule has 1 fully saturated rings. The summed E-state index contributed by atoms with van der Waals surface area (Å²) < 4.78 is 11.1. The number of carbonyl (C=O) groups excluding carboxylic acids is 1. The summed E-state index contributed by atoms with van der Waals surface area (Å²) in [6, 6.07) is 16.9. The van der Waals surface area contributed by atoms with Crippen LogP contribution in [0.5, 0.6) is 11.5 Å². The maximum atomic E-state index is 11.8. The van der Waals surface area contributed by atoms with Gasteiger partial charge in [0.2, 0.25) is 0 Å². The predicted molar refractivity (Wildman–Crippen MR) is 95.0 cm³/mol. The maximum absolute atomic E-state index is 11.8. The molecule has 0 saturated heterocycles. The van der Waals surface area contributed by atoms with Gasteiger partial charge in [0.15, 0.2) is 6.61 Å². The molecular weight excluding hydrogens is 334 g/mol. The van der Waals surface area contributed by atoms with E-state index in [-0.39, 0.29) is 19.1 Å². The first-order valence-corrected chi connectivity index (χ1v) is 8.47. The standard InChI is InChI=1S/C20H21NO5/c22-18(21-14-20(10-11-20)19(23)24)13-26-17-8-6-16(7-9-17)25-12-15-4-2-1-3-5-15/h1-9H,10-14H2,(H,21,22)(H,23,24). The van der Waals surface area contributed by atoms with Crippen LogP contribution in [0.2, 0.25) is 0 Å². The van der Waals surface area contributed by atoms with Crippen molar-refractivity contribution in [3.8, 4) is 11.5 Å². The molecule has 0 atom stereocenters. The van der Waals surface area contributed by atoms with Gasteiger partial charge in [-0.2, -0.15) is 0 Å². The van der Waals surface area contributed by atoms with Gasteiger partial charge in [0.1, 0.15) is 18.1 Å². The largest absolute Gasteiger partial charge is 0.489 e. The van der Waals surface area contributed by atoms with Crippen LogP contribution in [0.4, 0.5) is 0 Å². The third kappa shape index (κ3) is 4.75. The number of carboxylic acid groups (broad SMARTS) is 1. The van der Waals surface area contributed by atoms with Crippen molar-refractivity contribution in [2.75, 3.05) is 13.2 Å². The van der Waals surface area contributed by atoms with E-state index in [2.05, 4.69) is 5.32 Å². The highest BCUT2D eigenvalue weighted by molar-refractivity contribution is 5.81. The Labute approximate surface area is 151 Å². The van der Waals surface area contributed by atoms with E-state index in [0.717, 1.165) is 5.56 Å². The molecule has 136 valence electrons. The van der Waals surface area contributed by atoms with Gasteiger partial charge in [0, 0.05) is 6.54 Å². The highest BCUT2D eigenvalue weighted by Crippen LogP contribution is 2.45. The molecule has 2 aromatic carbocycles. The average molecular weight is 355 g/mol. The summed E-state index contributed by atoms with van der Waals surface area (Å²) in [5.41, 5.74) is 0.312. The highest BCUT2D eigenvalue weighted by Gasteiger charge is 2.50. The van der Waals surface area contributed by atoms with Crippen LogP contribution in [-0.4, -0.2) is 30.1 Å². The van der Waals surface area contributed by atoms with E-state index >= 15 is 0 Å². The minimum absolute atomic E-state index is 0.150. The zero-order valence-electron chi connectivity index (χ0n) is 14.3. The molecule has 1 aliphatic rings. The number of rotatable bonds is 9. The van der Waals surface area contributed by atoms with Crippen molar-refractivity contribution in [1.82, 2.24) is 5.32 Å². The number of nitrogens with one attached hydrogen (secondary N) is 1. The molecule has 0 spiro atoms. The Hall–Kier alpha value is -3.02. The number of amides is 1. The van der Waals surface area contributed by atoms with Crippen molar-refractivity contribution in [2.24, 2.45) is 5.41 Å². The van der Waals surface area contributed by atoms with E-state index in [9.17, 15) is 9.59 Å². The average Bonchev–Trinajstić information content (AvgIpc) is 3.46. The van der Waals surface area contributed by atoms with Gasteiger partial charge in [-0.1, -0.05) is 30.3 Å². The Kier molecular flexibility index (Phi) is 5.41. The van der Waals surface area contributed by atoms with Crippen molar-refractivity contribution >= 4 is 11.9 Å². The lowest BCUT2D eigenvalue weighted by Gasteiger charge is -2.12. The van der Waals surface area contributed by atoms with E-state index in [1.807, 2.05) is 30.3 Å². The molecular formula is C20H21NO5. The zero-order chi connectivity index (χ0) is 18.4. The van der Waals surface area contributed by atoms with E-state index in [1.54, 1.807) is 24.3 Å². The Morgan fingerprint density at radius 3 is 2.15 bits per heavy atom. The van der Waals surface area contributed by atoms with Gasteiger partial charge in [-0.3, -0.25) is 9.59 Å². The van der Waals surface area contributed by atoms with Crippen LogP contribution >= 0.6 is 0 Å². The second-order valence-corrected chi connectivity index (χ2v) is 6.40. The fourth-order valence-electron chi connectivity index (χ4n) is 2.46. The first-order chi connectivity index (χ1) is 12.6. The second-order valence-electron chi connectivity index (χ2n) is 6.40. The van der Waals surface area contributed by atoms with Gasteiger partial charge >= 0.3 is 5.97 Å². The van der Waals surface area contributed by atoms with Gasteiger partial charge in [-0.25, -0.2) is 0 Å². The lowest BCUT2D eigenvalue weighted by molar-refractivity contribution is -0.143. The number of benzene rings is 2. The summed E-state index contributed by atoms with van der Waals surface area (Å²) in [4.78, 5) is 22.8. The number of hydrogen-bond donors (Lipinski definition) is 2. The summed E-state index contributed by atoms with van der Waals surface area (Å²) in [5.74, 6) is 0.0705. The summed E-state index contributed by atoms with van der Waals surface area (Å²) >= 11 is 0. The van der Waals surface area contributed by atoms with E-state index in [4.69, 9.17) is 14.6 Å². The fourth-order valence-corrected chi connectivity index (χ4v) is 2.46. The molecule has 2 aromatic rings. The van der Waals surface area contributed by atoms with Crippen molar-refractivity contribution < 1.29 is 24.2 Å². The molecule has 0 unspecified atom stereocenters. The van der Waals surface area contributed by atoms with Crippen LogP contribution in [0, 0.1) is 5.41 Å². The third-order valence-corrected chi connectivity index (χ3v) is 4.37. The molecule has 0 aliphatic heterocycles. The summed E-state index contributed by atoms with van der Waals surface area (Å²) in [6.07, 6.45) is 1.21. The van der Waals surface area contributed by atoms with Crippen LogP contribution < -0.4 is 14.8 Å². The monoisotopic (exact) mass is 355 g/mol. The molecule has 0 bridgehead atoms. The quantitative estimate of drug-likeness (QED) is 0.722. The van der Waals surface area contributed by atoms with Crippen molar-refractivity contribution in [3.05, 3.63) is 60.2 Å². The molecule has 0 heterocycles. The molecule has 0 aromatic heterocycles. The predicted octanol–water partition coefficient (Wildman–Crippen LogP) is 2.63. The molecule has 26 heavy (non-hydrogen) atoms. The molecule has 1 saturated carbocycles. The number of ether oxygens (including phenoxy) is 2. The van der Waals surface area contributed by atoms with Crippen LogP contribution in [0.15, 0.2) is 54.6 Å². The Morgan fingerprint density at radius 2 is 1.58 bits per heavy atom. The zero-order valence-corrected chi connectivity index (χ0v) is 14.3. The first kappa shape index (κ1) is 17.8. The van der Waals surface area contributed by atoms with Crippen molar-refractivity contribution in [1.29, 1.82) is 0 Å². The molecule has 1 amide bonds. The van der Waals surface area contributed by atoms with Gasteiger partial charge < -0.3 is 19.9 Å². The van der Waals surface area contributed by atoms with Gasteiger partial charge in [-0.15, -0.1) is 0 Å². The SMILES string of the molecule is O=C(COc1ccc(OCc2ccccc2)cc1)NCC1(C(=O)O)CC1. The van der Waals surface area contributed by atoms with E-state index < -0.39 is 11.4 Å². The topological polar surface area (TPSA) is 84.9 Å². The first-order valence-electron chi connectivity index (χ1n) is 8.47. The third-order valence-electron chi connectivity index (χ3n) is 4.37. The highest BCUT2D eigenvalue weighted by atomic mass is 16.5. The van der Waals surface area contributed by atoms with Crippen LogP contribution in [0.1, 0.15) is 18.4 Å². The number of hydrogen-bond acceptors (Lipinski definition) is 4. The second kappa shape index (κ2) is 7.91. The van der Waals surface area contributed by atoms with Crippen LogP contribution in [0.25, 0.3) is 0 Å². The smallest absolute Gasteiger partial charge is 0.311 e. The van der Waals surface area contributed by atoms with E-state index in [0.29, 0.717) is 30.9 Å². The normalized spacial score (nSPS) is 14.3. The molecule has 1 aliphatic carbocycles. The lowest BCUT2D eigenvalue weighted by atomic mass is 10.1. The molecule has 0 radical (unpaired) electrons. The number of aliphatic carboxylic acids is 1. The van der Waals surface area contributed by atoms with Crippen molar-refractivity contribution in [2.45, 2.75) is 19.4 Å². The molecule has 6 nitrogen and oxygen atoms in total. The summed E-state index contributed by atoms with van der Waals surface area (Å²) in [5, 5.41) is 11.7. The Bertz CT molecular complexity index is 754. The van der Waals surface area contributed by atoms with Gasteiger partial charge in [-0.05, 0) is 42.7 Å². The van der Waals surface area contributed by atoms with Gasteiger partial charge in [0.25, 0.3) is 5.91 Å². The minimum Gasteiger partial charge on any atom is -0.489 e. The fraction of sp³-hybridized carbons (Fsp3) is 0.300. The number of carboxylic acids is 1. The Balaban J connectivity index is 1.40.